The topological polar surface area (TPSA) is 29.5 Å². The highest BCUT2D eigenvalue weighted by Crippen LogP contribution is 2.40. The summed E-state index contributed by atoms with van der Waals surface area (Å²) in [4.78, 5) is 17.3. The lowest BCUT2D eigenvalue weighted by molar-refractivity contribution is -0.0503. The Morgan fingerprint density at radius 2 is 1.96 bits per heavy atom. The van der Waals surface area contributed by atoms with Gasteiger partial charge in [0.1, 0.15) is 5.75 Å². The first-order valence-electron chi connectivity index (χ1n) is 8.09. The van der Waals surface area contributed by atoms with E-state index in [2.05, 4.69) is 4.74 Å². The second-order valence-corrected chi connectivity index (χ2v) is 7.82. The summed E-state index contributed by atoms with van der Waals surface area (Å²) in [7, 11) is 0. The molecule has 0 unspecified atom stereocenters. The lowest BCUT2D eigenvalue weighted by Crippen LogP contribution is -2.40. The number of carbonyl (C=O) groups is 1. The summed E-state index contributed by atoms with van der Waals surface area (Å²) in [5.74, 6) is -0.384. The second-order valence-electron chi connectivity index (χ2n) is 5.84. The number of fused-ring (bicyclic) bond motifs is 1. The highest BCUT2D eigenvalue weighted by molar-refractivity contribution is 7.10. The van der Waals surface area contributed by atoms with E-state index in [4.69, 9.17) is 0 Å². The van der Waals surface area contributed by atoms with E-state index in [-0.39, 0.29) is 23.3 Å². The van der Waals surface area contributed by atoms with Crippen molar-refractivity contribution in [2.24, 2.45) is 0 Å². The Labute approximate surface area is 157 Å². The van der Waals surface area contributed by atoms with Gasteiger partial charge in [0.05, 0.1) is 11.6 Å². The van der Waals surface area contributed by atoms with Crippen LogP contribution in [0.15, 0.2) is 53.2 Å². The number of para-hydroxylation sites is 1. The van der Waals surface area contributed by atoms with E-state index in [0.717, 1.165) is 16.9 Å². The number of nitrogens with zero attached hydrogens (tertiary/aromatic N) is 1. The number of carbonyl (C=O) groups excluding carboxylic acids is 1. The van der Waals surface area contributed by atoms with Crippen LogP contribution in [0.25, 0.3) is 0 Å². The summed E-state index contributed by atoms with van der Waals surface area (Å²) in [6, 6.07) is 12.0. The van der Waals surface area contributed by atoms with E-state index in [1.807, 2.05) is 29.0 Å². The van der Waals surface area contributed by atoms with Gasteiger partial charge in [-0.1, -0.05) is 18.2 Å². The van der Waals surface area contributed by atoms with E-state index in [1.165, 1.54) is 17.0 Å². The monoisotopic (exact) mass is 391 g/mol. The maximum atomic E-state index is 13.2. The molecule has 2 aromatic heterocycles. The van der Waals surface area contributed by atoms with Gasteiger partial charge in [0.15, 0.2) is 0 Å². The molecule has 1 amide bonds. The molecule has 0 radical (unpaired) electrons. The van der Waals surface area contributed by atoms with Crippen LogP contribution in [0, 0.1) is 0 Å². The molecule has 1 aliphatic heterocycles. The fraction of sp³-hybridized carbons (Fsp3) is 0.211. The Morgan fingerprint density at radius 3 is 2.73 bits per heavy atom. The third-order valence-corrected chi connectivity index (χ3v) is 6.29. The van der Waals surface area contributed by atoms with Crippen LogP contribution >= 0.6 is 22.7 Å². The summed E-state index contributed by atoms with van der Waals surface area (Å²) in [5.41, 5.74) is 1.28. The van der Waals surface area contributed by atoms with E-state index >= 15 is 0 Å². The van der Waals surface area contributed by atoms with Crippen molar-refractivity contribution >= 4 is 28.6 Å². The quantitative estimate of drug-likeness (QED) is 0.612. The first-order valence-corrected chi connectivity index (χ1v) is 9.85. The molecule has 7 heteroatoms. The molecular formula is C19H15F2NO2S2. The molecule has 0 saturated heterocycles. The summed E-state index contributed by atoms with van der Waals surface area (Å²) in [5, 5.41) is 4.01. The summed E-state index contributed by atoms with van der Waals surface area (Å²) in [6.07, 6.45) is 0.762. The second kappa shape index (κ2) is 7.17. The van der Waals surface area contributed by atoms with Gasteiger partial charge < -0.3 is 9.64 Å². The highest BCUT2D eigenvalue weighted by Gasteiger charge is 2.35. The van der Waals surface area contributed by atoms with Gasteiger partial charge in [0.2, 0.25) is 0 Å². The zero-order valence-electron chi connectivity index (χ0n) is 13.6. The fourth-order valence-electron chi connectivity index (χ4n) is 3.29. The molecule has 0 N–H and O–H groups in total. The molecule has 26 heavy (non-hydrogen) atoms. The minimum Gasteiger partial charge on any atom is -0.434 e. The van der Waals surface area contributed by atoms with E-state index < -0.39 is 6.61 Å². The van der Waals surface area contributed by atoms with Gasteiger partial charge in [-0.15, -0.1) is 22.7 Å². The number of amides is 1. The molecule has 3 heterocycles. The van der Waals surface area contributed by atoms with Crippen molar-refractivity contribution in [1.29, 1.82) is 0 Å². The molecule has 3 aromatic rings. The Bertz CT molecular complexity index is 908. The van der Waals surface area contributed by atoms with Crippen molar-refractivity contribution in [2.75, 3.05) is 6.54 Å². The van der Waals surface area contributed by atoms with E-state index in [1.54, 1.807) is 39.7 Å². The largest absolute Gasteiger partial charge is 0.434 e. The Morgan fingerprint density at radius 1 is 1.12 bits per heavy atom. The summed E-state index contributed by atoms with van der Waals surface area (Å²) >= 11 is 3.28. The van der Waals surface area contributed by atoms with Crippen molar-refractivity contribution in [3.05, 3.63) is 74.1 Å². The number of rotatable bonds is 4. The summed E-state index contributed by atoms with van der Waals surface area (Å²) < 4.78 is 30.0. The molecule has 0 spiro atoms. The molecule has 134 valence electrons. The van der Waals surface area contributed by atoms with Crippen LogP contribution in [0.4, 0.5) is 8.78 Å². The molecule has 1 atom stereocenters. The predicted octanol–water partition coefficient (Wildman–Crippen LogP) is 5.20. The summed E-state index contributed by atoms with van der Waals surface area (Å²) in [6.45, 7) is -2.43. The van der Waals surface area contributed by atoms with Crippen molar-refractivity contribution < 1.29 is 18.3 Å². The van der Waals surface area contributed by atoms with Gasteiger partial charge in [0.25, 0.3) is 5.91 Å². The van der Waals surface area contributed by atoms with Gasteiger partial charge in [-0.25, -0.2) is 0 Å². The number of hydrogen-bond acceptors (Lipinski definition) is 4. The van der Waals surface area contributed by atoms with Gasteiger partial charge in [-0.2, -0.15) is 8.78 Å². The smallest absolute Gasteiger partial charge is 0.387 e. The fourth-order valence-corrected chi connectivity index (χ4v) is 5.04. The van der Waals surface area contributed by atoms with E-state index in [0.29, 0.717) is 6.54 Å². The van der Waals surface area contributed by atoms with Crippen molar-refractivity contribution in [3.8, 4) is 5.75 Å². The number of benzene rings is 1. The Kier molecular flexibility index (Phi) is 4.74. The van der Waals surface area contributed by atoms with E-state index in [9.17, 15) is 13.6 Å². The van der Waals surface area contributed by atoms with Crippen LogP contribution in [-0.2, 0) is 6.42 Å². The zero-order chi connectivity index (χ0) is 18.1. The molecule has 0 aliphatic carbocycles. The number of ether oxygens (including phenoxy) is 1. The van der Waals surface area contributed by atoms with Crippen molar-refractivity contribution in [3.63, 3.8) is 0 Å². The number of hydrogen-bond donors (Lipinski definition) is 0. The van der Waals surface area contributed by atoms with Gasteiger partial charge in [0, 0.05) is 16.3 Å². The van der Waals surface area contributed by atoms with Crippen LogP contribution < -0.4 is 4.74 Å². The average Bonchev–Trinajstić information content (AvgIpc) is 3.32. The van der Waals surface area contributed by atoms with Crippen LogP contribution in [0.5, 0.6) is 5.75 Å². The molecule has 0 saturated carbocycles. The lowest BCUT2D eigenvalue weighted by Gasteiger charge is -2.35. The normalized spacial score (nSPS) is 16.6. The highest BCUT2D eigenvalue weighted by atomic mass is 32.1. The zero-order valence-corrected chi connectivity index (χ0v) is 15.2. The Hall–Kier alpha value is -2.25. The molecule has 0 fully saturated rings. The van der Waals surface area contributed by atoms with Crippen molar-refractivity contribution in [2.45, 2.75) is 19.1 Å². The number of alkyl halides is 2. The first-order chi connectivity index (χ1) is 12.6. The SMILES string of the molecule is O=C(c1ccccc1OC(F)F)N1CCc2sccc2[C@H]1c1cccs1. The minimum atomic E-state index is -2.97. The van der Waals surface area contributed by atoms with Gasteiger partial charge >= 0.3 is 6.61 Å². The number of halogens is 2. The van der Waals surface area contributed by atoms with Crippen LogP contribution in [0.2, 0.25) is 0 Å². The van der Waals surface area contributed by atoms with Crippen LogP contribution in [0.3, 0.4) is 0 Å². The Balaban J connectivity index is 1.74. The third kappa shape index (κ3) is 3.12. The van der Waals surface area contributed by atoms with Crippen LogP contribution in [-0.4, -0.2) is 24.0 Å². The molecule has 3 nitrogen and oxygen atoms in total. The minimum absolute atomic E-state index is 0.0893. The van der Waals surface area contributed by atoms with Gasteiger partial charge in [-0.3, -0.25) is 4.79 Å². The molecule has 4 rings (SSSR count). The first kappa shape index (κ1) is 17.2. The third-order valence-electron chi connectivity index (χ3n) is 4.37. The van der Waals surface area contributed by atoms with Gasteiger partial charge in [-0.05, 0) is 47.0 Å². The maximum absolute atomic E-state index is 13.2. The lowest BCUT2D eigenvalue weighted by atomic mass is 9.97. The molecule has 1 aliphatic rings. The predicted molar refractivity (Wildman–Crippen MR) is 98.3 cm³/mol. The molecule has 1 aromatic carbocycles. The molecule has 0 bridgehead atoms. The van der Waals surface area contributed by atoms with Crippen LogP contribution in [0.1, 0.15) is 31.7 Å². The average molecular weight is 391 g/mol. The molecular weight excluding hydrogens is 376 g/mol. The maximum Gasteiger partial charge on any atom is 0.387 e. The number of thiophene rings is 2. The van der Waals surface area contributed by atoms with Crippen molar-refractivity contribution in [1.82, 2.24) is 4.90 Å². The standard InChI is InChI=1S/C19H15F2NO2S2/c20-19(21)24-14-5-2-1-4-12(14)18(23)22-9-7-15-13(8-11-26-15)17(22)16-6-3-10-25-16/h1-6,8,10-11,17,19H,7,9H2/t17-/m0/s1.